The van der Waals surface area contributed by atoms with Gasteiger partial charge in [0.25, 0.3) is 0 Å². The maximum Gasteiger partial charge on any atom is 0.129 e. The SMILES string of the molecule is CCC1(C)C(c2c(O)cc(OC)cc2OC)CCN1C. The van der Waals surface area contributed by atoms with E-state index in [0.29, 0.717) is 11.5 Å². The second-order valence-corrected chi connectivity index (χ2v) is 5.74. The summed E-state index contributed by atoms with van der Waals surface area (Å²) in [6.07, 6.45) is 2.06. The lowest BCUT2D eigenvalue weighted by Gasteiger charge is -2.37. The molecule has 0 radical (unpaired) electrons. The number of phenols is 1. The van der Waals surface area contributed by atoms with E-state index in [1.54, 1.807) is 20.3 Å². The summed E-state index contributed by atoms with van der Waals surface area (Å²) in [5.74, 6) is 1.86. The standard InChI is InChI=1S/C16H25NO3/c1-6-16(2)12(7-8-17(16)3)15-13(18)9-11(19-4)10-14(15)20-5/h9-10,12,18H,6-8H2,1-5H3. The predicted octanol–water partition coefficient (Wildman–Crippen LogP) is 3.00. The van der Waals surface area contributed by atoms with Crippen LogP contribution < -0.4 is 9.47 Å². The molecule has 0 aromatic heterocycles. The summed E-state index contributed by atoms with van der Waals surface area (Å²) >= 11 is 0. The average molecular weight is 279 g/mol. The van der Waals surface area contributed by atoms with Crippen molar-refractivity contribution in [1.29, 1.82) is 0 Å². The third-order valence-electron chi connectivity index (χ3n) is 4.99. The van der Waals surface area contributed by atoms with Gasteiger partial charge in [0.05, 0.1) is 14.2 Å². The van der Waals surface area contributed by atoms with E-state index in [1.807, 2.05) is 6.07 Å². The van der Waals surface area contributed by atoms with E-state index in [4.69, 9.17) is 9.47 Å². The van der Waals surface area contributed by atoms with Crippen molar-refractivity contribution in [3.8, 4) is 17.2 Å². The normalized spacial score (nSPS) is 26.8. The van der Waals surface area contributed by atoms with Gasteiger partial charge in [0.15, 0.2) is 0 Å². The quantitative estimate of drug-likeness (QED) is 0.920. The van der Waals surface area contributed by atoms with Gasteiger partial charge in [-0.15, -0.1) is 0 Å². The minimum Gasteiger partial charge on any atom is -0.507 e. The van der Waals surface area contributed by atoms with E-state index in [1.165, 1.54) is 0 Å². The number of rotatable bonds is 4. The molecule has 2 rings (SSSR count). The molecule has 0 aliphatic carbocycles. The number of ether oxygens (including phenoxy) is 2. The molecule has 1 N–H and O–H groups in total. The summed E-state index contributed by atoms with van der Waals surface area (Å²) in [5, 5.41) is 10.4. The number of methoxy groups -OCH3 is 2. The van der Waals surface area contributed by atoms with E-state index in [0.717, 1.165) is 24.9 Å². The van der Waals surface area contributed by atoms with Gasteiger partial charge in [-0.1, -0.05) is 6.92 Å². The van der Waals surface area contributed by atoms with E-state index in [2.05, 4.69) is 25.8 Å². The minimum atomic E-state index is 0.0410. The van der Waals surface area contributed by atoms with Crippen molar-refractivity contribution < 1.29 is 14.6 Å². The van der Waals surface area contributed by atoms with Gasteiger partial charge in [0, 0.05) is 29.2 Å². The summed E-state index contributed by atoms with van der Waals surface area (Å²) in [7, 11) is 5.38. The first-order valence-corrected chi connectivity index (χ1v) is 7.14. The van der Waals surface area contributed by atoms with Gasteiger partial charge in [-0.25, -0.2) is 0 Å². The van der Waals surface area contributed by atoms with E-state index in [9.17, 15) is 5.11 Å². The summed E-state index contributed by atoms with van der Waals surface area (Å²) in [6, 6.07) is 3.52. The molecule has 0 saturated carbocycles. The molecular weight excluding hydrogens is 254 g/mol. The minimum absolute atomic E-state index is 0.0410. The molecule has 4 nitrogen and oxygen atoms in total. The van der Waals surface area contributed by atoms with Crippen molar-refractivity contribution in [2.24, 2.45) is 0 Å². The number of benzene rings is 1. The number of likely N-dealkylation sites (tertiary alicyclic amines) is 1. The van der Waals surface area contributed by atoms with E-state index in [-0.39, 0.29) is 17.2 Å². The number of phenolic OH excluding ortho intramolecular Hbond substituents is 1. The molecule has 2 unspecified atom stereocenters. The number of hydrogen-bond donors (Lipinski definition) is 1. The van der Waals surface area contributed by atoms with Crippen molar-refractivity contribution in [3.63, 3.8) is 0 Å². The molecule has 1 aliphatic heterocycles. The Hall–Kier alpha value is -1.42. The molecule has 112 valence electrons. The third kappa shape index (κ3) is 2.22. The average Bonchev–Trinajstić information content (AvgIpc) is 2.74. The van der Waals surface area contributed by atoms with Gasteiger partial charge >= 0.3 is 0 Å². The van der Waals surface area contributed by atoms with Crippen LogP contribution in [-0.2, 0) is 0 Å². The number of hydrogen-bond acceptors (Lipinski definition) is 4. The van der Waals surface area contributed by atoms with Crippen LogP contribution in [0.4, 0.5) is 0 Å². The molecule has 1 aromatic carbocycles. The topological polar surface area (TPSA) is 41.9 Å². The Kier molecular flexibility index (Phi) is 4.14. The van der Waals surface area contributed by atoms with E-state index < -0.39 is 0 Å². The zero-order valence-corrected chi connectivity index (χ0v) is 13.1. The molecule has 0 bridgehead atoms. The highest BCUT2D eigenvalue weighted by atomic mass is 16.5. The second-order valence-electron chi connectivity index (χ2n) is 5.74. The highest BCUT2D eigenvalue weighted by Gasteiger charge is 2.44. The Bertz CT molecular complexity index is 489. The highest BCUT2D eigenvalue weighted by Crippen LogP contribution is 2.50. The maximum atomic E-state index is 10.4. The first kappa shape index (κ1) is 15.0. The molecule has 4 heteroatoms. The van der Waals surface area contributed by atoms with Crippen molar-refractivity contribution in [1.82, 2.24) is 4.90 Å². The van der Waals surface area contributed by atoms with Crippen LogP contribution in [0.3, 0.4) is 0 Å². The lowest BCUT2D eigenvalue weighted by molar-refractivity contribution is 0.170. The third-order valence-corrected chi connectivity index (χ3v) is 4.99. The Morgan fingerprint density at radius 3 is 2.60 bits per heavy atom. The zero-order valence-electron chi connectivity index (χ0n) is 13.1. The first-order chi connectivity index (χ1) is 9.47. The molecule has 1 heterocycles. The van der Waals surface area contributed by atoms with Gasteiger partial charge in [0.2, 0.25) is 0 Å². The van der Waals surface area contributed by atoms with Crippen LogP contribution in [0.1, 0.15) is 38.2 Å². The van der Waals surface area contributed by atoms with Crippen molar-refractivity contribution in [2.75, 3.05) is 27.8 Å². The molecule has 0 spiro atoms. The Morgan fingerprint density at radius 2 is 2.05 bits per heavy atom. The Balaban J connectivity index is 2.52. The second kappa shape index (κ2) is 5.52. The fraction of sp³-hybridized carbons (Fsp3) is 0.625. The number of nitrogens with zero attached hydrogens (tertiary/aromatic N) is 1. The van der Waals surface area contributed by atoms with Crippen LogP contribution >= 0.6 is 0 Å². The van der Waals surface area contributed by atoms with Gasteiger partial charge < -0.3 is 19.5 Å². The lowest BCUT2D eigenvalue weighted by Crippen LogP contribution is -2.41. The molecule has 1 saturated heterocycles. The van der Waals surface area contributed by atoms with Crippen molar-refractivity contribution >= 4 is 0 Å². The van der Waals surface area contributed by atoms with Gasteiger partial charge in [-0.05, 0) is 33.4 Å². The van der Waals surface area contributed by atoms with E-state index >= 15 is 0 Å². The van der Waals surface area contributed by atoms with Gasteiger partial charge in [0.1, 0.15) is 17.2 Å². The van der Waals surface area contributed by atoms with Crippen LogP contribution in [0.15, 0.2) is 12.1 Å². The fourth-order valence-corrected chi connectivity index (χ4v) is 3.35. The Labute approximate surface area is 121 Å². The Morgan fingerprint density at radius 1 is 1.35 bits per heavy atom. The van der Waals surface area contributed by atoms with Crippen molar-refractivity contribution in [3.05, 3.63) is 17.7 Å². The summed E-state index contributed by atoms with van der Waals surface area (Å²) in [6.45, 7) is 5.49. The van der Waals surface area contributed by atoms with Crippen LogP contribution in [0.2, 0.25) is 0 Å². The molecular formula is C16H25NO3. The lowest BCUT2D eigenvalue weighted by atomic mass is 9.78. The smallest absolute Gasteiger partial charge is 0.129 e. The van der Waals surface area contributed by atoms with Crippen LogP contribution in [-0.4, -0.2) is 43.4 Å². The summed E-state index contributed by atoms with van der Waals surface area (Å²) < 4.78 is 10.7. The molecule has 1 fully saturated rings. The van der Waals surface area contributed by atoms with Crippen LogP contribution in [0.5, 0.6) is 17.2 Å². The molecule has 1 aliphatic rings. The summed E-state index contributed by atoms with van der Waals surface area (Å²) in [5.41, 5.74) is 0.946. The van der Waals surface area contributed by atoms with Gasteiger partial charge in [-0.3, -0.25) is 0 Å². The highest BCUT2D eigenvalue weighted by molar-refractivity contribution is 5.53. The number of aromatic hydroxyl groups is 1. The van der Waals surface area contributed by atoms with Crippen LogP contribution in [0.25, 0.3) is 0 Å². The summed E-state index contributed by atoms with van der Waals surface area (Å²) in [4.78, 5) is 2.38. The van der Waals surface area contributed by atoms with Gasteiger partial charge in [-0.2, -0.15) is 0 Å². The molecule has 20 heavy (non-hydrogen) atoms. The number of likely N-dealkylation sites (N-methyl/N-ethyl adjacent to an activating group) is 1. The largest absolute Gasteiger partial charge is 0.507 e. The maximum absolute atomic E-state index is 10.4. The monoisotopic (exact) mass is 279 g/mol. The zero-order chi connectivity index (χ0) is 14.9. The van der Waals surface area contributed by atoms with Crippen LogP contribution in [0, 0.1) is 0 Å². The molecule has 0 amide bonds. The molecule has 2 atom stereocenters. The fourth-order valence-electron chi connectivity index (χ4n) is 3.35. The predicted molar refractivity (Wildman–Crippen MR) is 79.9 cm³/mol. The molecule has 1 aromatic rings. The van der Waals surface area contributed by atoms with Crippen molar-refractivity contribution in [2.45, 2.75) is 38.1 Å². The first-order valence-electron chi connectivity index (χ1n) is 7.14.